The summed E-state index contributed by atoms with van der Waals surface area (Å²) in [6.07, 6.45) is 1.42. The number of hydrogen-bond acceptors (Lipinski definition) is 6. The van der Waals surface area contributed by atoms with Crippen molar-refractivity contribution in [3.63, 3.8) is 0 Å². The minimum atomic E-state index is -1.05. The van der Waals surface area contributed by atoms with Crippen molar-refractivity contribution in [1.29, 1.82) is 0 Å². The molecule has 0 spiro atoms. The molecule has 10 heteroatoms. The van der Waals surface area contributed by atoms with Crippen LogP contribution in [0.5, 0.6) is 0 Å². The Morgan fingerprint density at radius 3 is 2.48 bits per heavy atom. The van der Waals surface area contributed by atoms with Gasteiger partial charge in [-0.2, -0.15) is 0 Å². The molecule has 9 nitrogen and oxygen atoms in total. The van der Waals surface area contributed by atoms with Crippen LogP contribution in [0.2, 0.25) is 0 Å². The number of carboxylic acid groups (broad SMARTS) is 1. The SMILES string of the molecule is COC(=O)[C@@H]1CCCN1C(=O)CN(C)C(=O)[C@@H](N)CC(Cc1ccccc1)C(=O)O.Cl. The van der Waals surface area contributed by atoms with Gasteiger partial charge in [-0.1, -0.05) is 30.3 Å². The highest BCUT2D eigenvalue weighted by Crippen LogP contribution is 2.19. The number of nitrogens with two attached hydrogens (primary N) is 1. The summed E-state index contributed by atoms with van der Waals surface area (Å²) in [6, 6.07) is 7.43. The van der Waals surface area contributed by atoms with Crippen molar-refractivity contribution in [2.75, 3.05) is 27.2 Å². The minimum absolute atomic E-state index is 0. The number of carbonyl (C=O) groups excluding carboxylic acids is 3. The third-order valence-corrected chi connectivity index (χ3v) is 5.32. The molecular formula is C21H30ClN3O6. The Labute approximate surface area is 187 Å². The molecule has 1 aromatic carbocycles. The zero-order chi connectivity index (χ0) is 22.3. The summed E-state index contributed by atoms with van der Waals surface area (Å²) in [5.41, 5.74) is 6.83. The fourth-order valence-corrected chi connectivity index (χ4v) is 3.68. The van der Waals surface area contributed by atoms with Crippen molar-refractivity contribution >= 4 is 36.2 Å². The number of esters is 1. The number of amides is 2. The number of likely N-dealkylation sites (N-methyl/N-ethyl adjacent to an activating group) is 1. The van der Waals surface area contributed by atoms with Crippen molar-refractivity contribution in [1.82, 2.24) is 9.80 Å². The lowest BCUT2D eigenvalue weighted by atomic mass is 9.92. The summed E-state index contributed by atoms with van der Waals surface area (Å²) >= 11 is 0. The van der Waals surface area contributed by atoms with Gasteiger partial charge in [0.25, 0.3) is 0 Å². The maximum atomic E-state index is 12.6. The Hall–Kier alpha value is -2.65. The van der Waals surface area contributed by atoms with Gasteiger partial charge in [0.2, 0.25) is 11.8 Å². The second-order valence-corrected chi connectivity index (χ2v) is 7.53. The van der Waals surface area contributed by atoms with E-state index in [-0.39, 0.29) is 37.7 Å². The van der Waals surface area contributed by atoms with Gasteiger partial charge in [-0.05, 0) is 31.2 Å². The first kappa shape index (κ1) is 26.4. The third-order valence-electron chi connectivity index (χ3n) is 5.32. The second kappa shape index (κ2) is 12.3. The fraction of sp³-hybridized carbons (Fsp3) is 0.524. The molecule has 3 atom stereocenters. The highest BCUT2D eigenvalue weighted by molar-refractivity contribution is 5.90. The summed E-state index contributed by atoms with van der Waals surface area (Å²) in [5.74, 6) is -3.21. The van der Waals surface area contributed by atoms with Crippen LogP contribution < -0.4 is 5.73 Å². The molecule has 1 aliphatic rings. The summed E-state index contributed by atoms with van der Waals surface area (Å²) in [7, 11) is 2.71. The van der Waals surface area contributed by atoms with Gasteiger partial charge in [0, 0.05) is 13.6 Å². The number of methoxy groups -OCH3 is 1. The van der Waals surface area contributed by atoms with Crippen molar-refractivity contribution in [2.24, 2.45) is 11.7 Å². The molecule has 0 bridgehead atoms. The normalized spacial score (nSPS) is 17.3. The molecule has 1 heterocycles. The second-order valence-electron chi connectivity index (χ2n) is 7.53. The fourth-order valence-electron chi connectivity index (χ4n) is 3.68. The van der Waals surface area contributed by atoms with E-state index < -0.39 is 35.8 Å². The van der Waals surface area contributed by atoms with Gasteiger partial charge in [-0.15, -0.1) is 12.4 Å². The number of aliphatic carboxylic acids is 1. The zero-order valence-corrected chi connectivity index (χ0v) is 18.5. The molecule has 1 aromatic rings. The highest BCUT2D eigenvalue weighted by atomic mass is 35.5. The number of nitrogens with zero attached hydrogens (tertiary/aromatic N) is 2. The predicted molar refractivity (Wildman–Crippen MR) is 116 cm³/mol. The zero-order valence-electron chi connectivity index (χ0n) is 17.7. The average molecular weight is 456 g/mol. The highest BCUT2D eigenvalue weighted by Gasteiger charge is 2.36. The first-order chi connectivity index (χ1) is 14.2. The van der Waals surface area contributed by atoms with Crippen molar-refractivity contribution in [3.8, 4) is 0 Å². The number of halogens is 1. The summed E-state index contributed by atoms with van der Waals surface area (Å²) in [4.78, 5) is 51.2. The van der Waals surface area contributed by atoms with Crippen LogP contribution in [0.15, 0.2) is 30.3 Å². The lowest BCUT2D eigenvalue weighted by molar-refractivity contribution is -0.152. The maximum absolute atomic E-state index is 12.6. The Morgan fingerprint density at radius 2 is 1.90 bits per heavy atom. The Kier molecular flexibility index (Phi) is 10.4. The van der Waals surface area contributed by atoms with Gasteiger partial charge >= 0.3 is 11.9 Å². The van der Waals surface area contributed by atoms with E-state index >= 15 is 0 Å². The number of hydrogen-bond donors (Lipinski definition) is 2. The Morgan fingerprint density at radius 1 is 1.26 bits per heavy atom. The maximum Gasteiger partial charge on any atom is 0.328 e. The van der Waals surface area contributed by atoms with E-state index in [0.29, 0.717) is 19.4 Å². The molecule has 0 aromatic heterocycles. The number of benzene rings is 1. The van der Waals surface area contributed by atoms with E-state index in [0.717, 1.165) is 5.56 Å². The molecule has 1 aliphatic heterocycles. The largest absolute Gasteiger partial charge is 0.481 e. The van der Waals surface area contributed by atoms with E-state index in [1.165, 1.54) is 24.0 Å². The molecule has 1 unspecified atom stereocenters. The van der Waals surface area contributed by atoms with Crippen LogP contribution >= 0.6 is 12.4 Å². The molecule has 172 valence electrons. The van der Waals surface area contributed by atoms with Gasteiger partial charge in [-0.25, -0.2) is 4.79 Å². The molecule has 1 saturated heterocycles. The van der Waals surface area contributed by atoms with E-state index in [2.05, 4.69) is 0 Å². The first-order valence-electron chi connectivity index (χ1n) is 9.89. The smallest absolute Gasteiger partial charge is 0.328 e. The lowest BCUT2D eigenvalue weighted by Crippen LogP contribution is -2.50. The molecular weight excluding hydrogens is 426 g/mol. The van der Waals surface area contributed by atoms with Crippen LogP contribution in [0, 0.1) is 5.92 Å². The minimum Gasteiger partial charge on any atom is -0.481 e. The van der Waals surface area contributed by atoms with Gasteiger partial charge in [0.1, 0.15) is 6.04 Å². The predicted octanol–water partition coefficient (Wildman–Crippen LogP) is 0.692. The molecule has 1 fully saturated rings. The molecule has 3 N–H and O–H groups in total. The van der Waals surface area contributed by atoms with Crippen LogP contribution in [0.4, 0.5) is 0 Å². The number of ether oxygens (including phenoxy) is 1. The van der Waals surface area contributed by atoms with Crippen LogP contribution in [0.3, 0.4) is 0 Å². The van der Waals surface area contributed by atoms with Gasteiger partial charge in [0.05, 0.1) is 25.6 Å². The number of rotatable bonds is 9. The number of likely N-dealkylation sites (tertiary alicyclic amines) is 1. The van der Waals surface area contributed by atoms with E-state index in [1.807, 2.05) is 30.3 Å². The van der Waals surface area contributed by atoms with Crippen molar-refractivity contribution in [2.45, 2.75) is 37.8 Å². The van der Waals surface area contributed by atoms with Crippen molar-refractivity contribution in [3.05, 3.63) is 35.9 Å². The van der Waals surface area contributed by atoms with Crippen LogP contribution in [-0.4, -0.2) is 78.0 Å². The van der Waals surface area contributed by atoms with Crippen molar-refractivity contribution < 1.29 is 29.0 Å². The molecule has 0 saturated carbocycles. The Balaban J connectivity index is 0.00000480. The van der Waals surface area contributed by atoms with Crippen LogP contribution in [0.1, 0.15) is 24.8 Å². The summed E-state index contributed by atoms with van der Waals surface area (Å²) in [5, 5.41) is 9.51. The number of carboxylic acids is 1. The standard InChI is InChI=1S/C21H29N3O6.ClH/c1-23(13-18(25)24-10-6-9-17(24)21(29)30-2)19(26)16(22)12-15(20(27)28)11-14-7-4-3-5-8-14;/h3-5,7-8,15-17H,6,9-13,22H2,1-2H3,(H,27,28);1H/t15?,16-,17-;/m0./s1. The third kappa shape index (κ3) is 7.22. The van der Waals surface area contributed by atoms with E-state index in [4.69, 9.17) is 10.5 Å². The van der Waals surface area contributed by atoms with Gasteiger partial charge in [0.15, 0.2) is 0 Å². The molecule has 0 radical (unpaired) electrons. The van der Waals surface area contributed by atoms with Crippen LogP contribution in [-0.2, 0) is 30.3 Å². The average Bonchev–Trinajstić information content (AvgIpc) is 3.22. The molecule has 2 amide bonds. The van der Waals surface area contributed by atoms with E-state index in [9.17, 15) is 24.3 Å². The lowest BCUT2D eigenvalue weighted by Gasteiger charge is -2.27. The molecule has 31 heavy (non-hydrogen) atoms. The van der Waals surface area contributed by atoms with Gasteiger partial charge < -0.3 is 25.4 Å². The quantitative estimate of drug-likeness (QED) is 0.524. The van der Waals surface area contributed by atoms with Gasteiger partial charge in [-0.3, -0.25) is 14.4 Å². The monoisotopic (exact) mass is 455 g/mol. The number of carbonyl (C=O) groups is 4. The van der Waals surface area contributed by atoms with Crippen LogP contribution in [0.25, 0.3) is 0 Å². The van der Waals surface area contributed by atoms with E-state index in [1.54, 1.807) is 0 Å². The first-order valence-corrected chi connectivity index (χ1v) is 9.89. The Bertz CT molecular complexity index is 776. The molecule has 2 rings (SSSR count). The molecule has 0 aliphatic carbocycles. The summed E-state index contributed by atoms with van der Waals surface area (Å²) in [6.45, 7) is 0.182. The topological polar surface area (TPSA) is 130 Å². The summed E-state index contributed by atoms with van der Waals surface area (Å²) < 4.78 is 4.73.